The van der Waals surface area contributed by atoms with Crippen molar-refractivity contribution in [3.05, 3.63) is 22.4 Å². The SMILES string of the molecule is CC(C)C1CCCCC1NC(=O)c1cc(Br)cn1C1CC1. The van der Waals surface area contributed by atoms with E-state index in [0.29, 0.717) is 23.9 Å². The Bertz CT molecular complexity index is 519. The summed E-state index contributed by atoms with van der Waals surface area (Å²) in [6.45, 7) is 4.55. The molecule has 3 nitrogen and oxygen atoms in total. The standard InChI is InChI=1S/C17H25BrN2O/c1-11(2)14-5-3-4-6-15(14)19-17(21)16-9-12(18)10-20(16)13-7-8-13/h9-11,13-15H,3-8H2,1-2H3,(H,19,21). The molecule has 1 N–H and O–H groups in total. The van der Waals surface area contributed by atoms with Gasteiger partial charge < -0.3 is 9.88 Å². The molecule has 2 fully saturated rings. The van der Waals surface area contributed by atoms with Crippen LogP contribution < -0.4 is 5.32 Å². The number of nitrogens with zero attached hydrogens (tertiary/aromatic N) is 1. The minimum absolute atomic E-state index is 0.102. The molecular weight excluding hydrogens is 328 g/mol. The molecule has 1 amide bonds. The number of nitrogens with one attached hydrogen (secondary N) is 1. The Kier molecular flexibility index (Phi) is 4.43. The molecule has 0 saturated heterocycles. The zero-order chi connectivity index (χ0) is 15.0. The molecule has 1 aromatic rings. The Morgan fingerprint density at radius 3 is 2.67 bits per heavy atom. The highest BCUT2D eigenvalue weighted by atomic mass is 79.9. The van der Waals surface area contributed by atoms with Crippen molar-refractivity contribution in [2.75, 3.05) is 0 Å². The van der Waals surface area contributed by atoms with Gasteiger partial charge in [-0.05, 0) is 59.5 Å². The third-order valence-electron chi connectivity index (χ3n) is 4.98. The van der Waals surface area contributed by atoms with Crippen LogP contribution in [0.25, 0.3) is 0 Å². The molecule has 0 aliphatic heterocycles. The van der Waals surface area contributed by atoms with Crippen molar-refractivity contribution in [3.8, 4) is 0 Å². The molecule has 1 aromatic heterocycles. The summed E-state index contributed by atoms with van der Waals surface area (Å²) in [7, 11) is 0. The van der Waals surface area contributed by atoms with Gasteiger partial charge >= 0.3 is 0 Å². The van der Waals surface area contributed by atoms with E-state index >= 15 is 0 Å². The van der Waals surface area contributed by atoms with E-state index in [-0.39, 0.29) is 5.91 Å². The second-order valence-electron chi connectivity index (χ2n) is 6.95. The van der Waals surface area contributed by atoms with E-state index in [1.54, 1.807) is 0 Å². The van der Waals surface area contributed by atoms with E-state index in [4.69, 9.17) is 0 Å². The number of aromatic nitrogens is 1. The maximum atomic E-state index is 12.7. The quantitative estimate of drug-likeness (QED) is 0.848. The largest absolute Gasteiger partial charge is 0.348 e. The van der Waals surface area contributed by atoms with E-state index in [2.05, 4.69) is 39.7 Å². The van der Waals surface area contributed by atoms with Gasteiger partial charge in [-0.15, -0.1) is 0 Å². The number of hydrogen-bond donors (Lipinski definition) is 1. The molecule has 1 heterocycles. The van der Waals surface area contributed by atoms with Gasteiger partial charge in [0.05, 0.1) is 0 Å². The molecule has 2 saturated carbocycles. The number of carbonyl (C=O) groups is 1. The zero-order valence-electron chi connectivity index (χ0n) is 12.9. The van der Waals surface area contributed by atoms with Gasteiger partial charge in [0.1, 0.15) is 5.69 Å². The van der Waals surface area contributed by atoms with Crippen molar-refractivity contribution in [1.82, 2.24) is 9.88 Å². The second kappa shape index (κ2) is 6.15. The zero-order valence-corrected chi connectivity index (χ0v) is 14.5. The van der Waals surface area contributed by atoms with Gasteiger partial charge in [-0.1, -0.05) is 26.7 Å². The Morgan fingerprint density at radius 2 is 2.00 bits per heavy atom. The lowest BCUT2D eigenvalue weighted by molar-refractivity contribution is 0.0879. The second-order valence-corrected chi connectivity index (χ2v) is 7.87. The molecule has 4 heteroatoms. The molecule has 116 valence electrons. The molecule has 0 spiro atoms. The fourth-order valence-corrected chi connectivity index (χ4v) is 4.10. The monoisotopic (exact) mass is 352 g/mol. The van der Waals surface area contributed by atoms with Crippen LogP contribution in [0.4, 0.5) is 0 Å². The number of amides is 1. The first-order chi connectivity index (χ1) is 10.1. The molecule has 0 radical (unpaired) electrons. The van der Waals surface area contributed by atoms with Gasteiger partial charge in [-0.25, -0.2) is 0 Å². The first kappa shape index (κ1) is 15.1. The summed E-state index contributed by atoms with van der Waals surface area (Å²) in [5.74, 6) is 1.36. The normalized spacial score (nSPS) is 26.1. The lowest BCUT2D eigenvalue weighted by Crippen LogP contribution is -2.44. The summed E-state index contributed by atoms with van der Waals surface area (Å²) < 4.78 is 3.15. The van der Waals surface area contributed by atoms with Crippen molar-refractivity contribution >= 4 is 21.8 Å². The van der Waals surface area contributed by atoms with E-state index in [1.807, 2.05) is 12.3 Å². The predicted octanol–water partition coefficient (Wildman–Crippen LogP) is 4.53. The number of halogens is 1. The van der Waals surface area contributed by atoms with Crippen LogP contribution in [0.2, 0.25) is 0 Å². The summed E-state index contributed by atoms with van der Waals surface area (Å²) in [5, 5.41) is 3.32. The minimum atomic E-state index is 0.102. The third-order valence-corrected chi connectivity index (χ3v) is 5.41. The average Bonchev–Trinajstić information content (AvgIpc) is 3.21. The average molecular weight is 353 g/mol. The van der Waals surface area contributed by atoms with Gasteiger partial charge in [0.15, 0.2) is 0 Å². The predicted molar refractivity (Wildman–Crippen MR) is 88.5 cm³/mol. The molecule has 2 aliphatic rings. The molecule has 3 rings (SSSR count). The van der Waals surface area contributed by atoms with E-state index in [0.717, 1.165) is 16.6 Å². The maximum absolute atomic E-state index is 12.7. The van der Waals surface area contributed by atoms with Gasteiger partial charge in [-0.2, -0.15) is 0 Å². The Labute approximate surface area is 135 Å². The Balaban J connectivity index is 1.73. The highest BCUT2D eigenvalue weighted by Crippen LogP contribution is 2.37. The first-order valence-electron chi connectivity index (χ1n) is 8.24. The third kappa shape index (κ3) is 3.36. The van der Waals surface area contributed by atoms with Crippen LogP contribution >= 0.6 is 15.9 Å². The minimum Gasteiger partial charge on any atom is -0.348 e. The fourth-order valence-electron chi connectivity index (χ4n) is 3.66. The van der Waals surface area contributed by atoms with Crippen molar-refractivity contribution in [3.63, 3.8) is 0 Å². The van der Waals surface area contributed by atoms with Gasteiger partial charge in [0, 0.05) is 22.8 Å². The Hall–Kier alpha value is -0.770. The van der Waals surface area contributed by atoms with E-state index in [1.165, 1.54) is 32.1 Å². The molecular formula is C17H25BrN2O. The molecule has 2 aliphatic carbocycles. The van der Waals surface area contributed by atoms with Crippen LogP contribution in [-0.4, -0.2) is 16.5 Å². The molecule has 0 bridgehead atoms. The van der Waals surface area contributed by atoms with Crippen LogP contribution in [0.15, 0.2) is 16.7 Å². The molecule has 2 atom stereocenters. The molecule has 21 heavy (non-hydrogen) atoms. The first-order valence-corrected chi connectivity index (χ1v) is 9.04. The summed E-state index contributed by atoms with van der Waals surface area (Å²) in [6.07, 6.45) is 9.35. The fraction of sp³-hybridized carbons (Fsp3) is 0.706. The van der Waals surface area contributed by atoms with Crippen molar-refractivity contribution in [2.24, 2.45) is 11.8 Å². The van der Waals surface area contributed by atoms with Crippen molar-refractivity contribution in [1.29, 1.82) is 0 Å². The lowest BCUT2D eigenvalue weighted by atomic mass is 9.78. The smallest absolute Gasteiger partial charge is 0.268 e. The highest BCUT2D eigenvalue weighted by molar-refractivity contribution is 9.10. The van der Waals surface area contributed by atoms with Gasteiger partial charge in [-0.3, -0.25) is 4.79 Å². The van der Waals surface area contributed by atoms with Gasteiger partial charge in [0.25, 0.3) is 5.91 Å². The van der Waals surface area contributed by atoms with Crippen molar-refractivity contribution in [2.45, 2.75) is 64.5 Å². The van der Waals surface area contributed by atoms with Crippen LogP contribution in [-0.2, 0) is 0 Å². The van der Waals surface area contributed by atoms with Crippen LogP contribution in [0.5, 0.6) is 0 Å². The Morgan fingerprint density at radius 1 is 1.29 bits per heavy atom. The van der Waals surface area contributed by atoms with E-state index < -0.39 is 0 Å². The summed E-state index contributed by atoms with van der Waals surface area (Å²) in [4.78, 5) is 12.7. The van der Waals surface area contributed by atoms with Crippen LogP contribution in [0.3, 0.4) is 0 Å². The summed E-state index contributed by atoms with van der Waals surface area (Å²) in [6, 6.07) is 2.83. The molecule has 2 unspecified atom stereocenters. The number of rotatable bonds is 4. The lowest BCUT2D eigenvalue weighted by Gasteiger charge is -2.35. The maximum Gasteiger partial charge on any atom is 0.268 e. The topological polar surface area (TPSA) is 34.0 Å². The number of carbonyl (C=O) groups excluding carboxylic acids is 1. The molecule has 0 aromatic carbocycles. The summed E-state index contributed by atoms with van der Waals surface area (Å²) >= 11 is 3.51. The van der Waals surface area contributed by atoms with Crippen LogP contribution in [0, 0.1) is 11.8 Å². The number of hydrogen-bond acceptors (Lipinski definition) is 1. The van der Waals surface area contributed by atoms with E-state index in [9.17, 15) is 4.79 Å². The summed E-state index contributed by atoms with van der Waals surface area (Å²) in [5.41, 5.74) is 0.817. The van der Waals surface area contributed by atoms with Crippen molar-refractivity contribution < 1.29 is 4.79 Å². The van der Waals surface area contributed by atoms with Crippen LogP contribution in [0.1, 0.15) is 68.9 Å². The van der Waals surface area contributed by atoms with Gasteiger partial charge in [0.2, 0.25) is 0 Å². The highest BCUT2D eigenvalue weighted by Gasteiger charge is 2.31.